The van der Waals surface area contributed by atoms with Crippen LogP contribution in [0.25, 0.3) is 0 Å². The van der Waals surface area contributed by atoms with E-state index in [4.69, 9.17) is 0 Å². The molecule has 0 N–H and O–H groups in total. The molecule has 0 radical (unpaired) electrons. The van der Waals surface area contributed by atoms with Crippen molar-refractivity contribution in [3.63, 3.8) is 0 Å². The van der Waals surface area contributed by atoms with Crippen LogP contribution >= 0.6 is 11.8 Å². The Balaban J connectivity index is 0.000000671. The van der Waals surface area contributed by atoms with Gasteiger partial charge in [0.05, 0.1) is 0 Å². The Hall–Kier alpha value is -0.170. The highest BCUT2D eigenvalue weighted by Gasteiger charge is 2.05. The molecule has 0 saturated heterocycles. The van der Waals surface area contributed by atoms with Gasteiger partial charge >= 0.3 is 0 Å². The molecular weight excluding hydrogens is 176 g/mol. The van der Waals surface area contributed by atoms with Gasteiger partial charge in [-0.05, 0) is 18.1 Å². The molecule has 0 fully saturated rings. The molecule has 1 atom stereocenters. The average Bonchev–Trinajstić information content (AvgIpc) is 2.19. The van der Waals surface area contributed by atoms with Gasteiger partial charge in [0.25, 0.3) is 0 Å². The third-order valence-electron chi connectivity index (χ3n) is 1.58. The minimum absolute atomic E-state index is 0.738. The second kappa shape index (κ2) is 8.43. The summed E-state index contributed by atoms with van der Waals surface area (Å²) in [7, 11) is 0. The average molecular weight is 198 g/mol. The molecule has 76 valence electrons. The van der Waals surface area contributed by atoms with Crippen LogP contribution in [0, 0.1) is 5.92 Å². The summed E-state index contributed by atoms with van der Waals surface area (Å²) in [4.78, 5) is 0. The number of rotatable bonds is 3. The number of hydrogen-bond acceptors (Lipinski definition) is 1. The molecule has 13 heavy (non-hydrogen) atoms. The lowest BCUT2D eigenvalue weighted by Crippen LogP contribution is -2.02. The monoisotopic (exact) mass is 198 g/mol. The van der Waals surface area contributed by atoms with Crippen molar-refractivity contribution in [2.75, 3.05) is 5.75 Å². The van der Waals surface area contributed by atoms with Crippen molar-refractivity contribution in [2.24, 2.45) is 5.92 Å². The lowest BCUT2D eigenvalue weighted by Gasteiger charge is -2.13. The molecular formula is C12H22S. The van der Waals surface area contributed by atoms with Crippen LogP contribution < -0.4 is 0 Å². The fourth-order valence-electron chi connectivity index (χ4n) is 0.998. The summed E-state index contributed by atoms with van der Waals surface area (Å²) < 4.78 is 0. The first kappa shape index (κ1) is 12.8. The molecule has 1 heteroatoms. The van der Waals surface area contributed by atoms with E-state index in [2.05, 4.69) is 49.9 Å². The maximum Gasteiger partial charge on any atom is 0.0264 e. The summed E-state index contributed by atoms with van der Waals surface area (Å²) in [5.74, 6) is 2.10. The zero-order valence-electron chi connectivity index (χ0n) is 9.29. The molecule has 0 aromatic carbocycles. The molecule has 1 aliphatic carbocycles. The van der Waals surface area contributed by atoms with Crippen molar-refractivity contribution in [1.82, 2.24) is 0 Å². The van der Waals surface area contributed by atoms with Crippen LogP contribution in [0.2, 0.25) is 0 Å². The zero-order chi connectivity index (χ0) is 10.1. The first-order chi connectivity index (χ1) is 6.29. The van der Waals surface area contributed by atoms with Gasteiger partial charge in [-0.2, -0.15) is 11.8 Å². The highest BCUT2D eigenvalue weighted by molar-refractivity contribution is 8.00. The van der Waals surface area contributed by atoms with Gasteiger partial charge < -0.3 is 0 Å². The molecule has 0 amide bonds. The van der Waals surface area contributed by atoms with E-state index >= 15 is 0 Å². The van der Waals surface area contributed by atoms with Crippen LogP contribution in [0.5, 0.6) is 0 Å². The Morgan fingerprint density at radius 1 is 1.31 bits per heavy atom. The highest BCUT2D eigenvalue weighted by Crippen LogP contribution is 2.21. The maximum absolute atomic E-state index is 2.30. The molecule has 0 nitrogen and oxygen atoms in total. The molecule has 0 aliphatic heterocycles. The smallest absolute Gasteiger partial charge is 0.0264 e. The van der Waals surface area contributed by atoms with Crippen molar-refractivity contribution in [2.45, 2.75) is 39.4 Å². The van der Waals surface area contributed by atoms with Crippen LogP contribution in [0.3, 0.4) is 0 Å². The van der Waals surface area contributed by atoms with Gasteiger partial charge in [-0.3, -0.25) is 0 Å². The summed E-state index contributed by atoms with van der Waals surface area (Å²) >= 11 is 2.07. The molecule has 0 spiro atoms. The summed E-state index contributed by atoms with van der Waals surface area (Å²) in [6, 6.07) is 0. The van der Waals surface area contributed by atoms with E-state index in [1.807, 2.05) is 13.8 Å². The maximum atomic E-state index is 2.30. The Kier molecular flexibility index (Phi) is 8.32. The Morgan fingerprint density at radius 2 is 2.00 bits per heavy atom. The SMILES string of the molecule is CC.CC(C)CSC1C=CC=CC1. The molecule has 1 aliphatic rings. The van der Waals surface area contributed by atoms with Crippen LogP contribution in [0.15, 0.2) is 24.3 Å². The molecule has 0 aromatic heterocycles. The van der Waals surface area contributed by atoms with E-state index in [1.165, 1.54) is 12.2 Å². The number of thioether (sulfide) groups is 1. The quantitative estimate of drug-likeness (QED) is 0.652. The normalized spacial score (nSPS) is 19.9. The van der Waals surface area contributed by atoms with E-state index in [9.17, 15) is 0 Å². The number of allylic oxidation sites excluding steroid dienone is 3. The standard InChI is InChI=1S/C10H16S.C2H6/c1-9(2)8-11-10-6-4-3-5-7-10;1-2/h3-6,9-10H,7-8H2,1-2H3;1-2H3. The van der Waals surface area contributed by atoms with Gasteiger partial charge in [0.15, 0.2) is 0 Å². The lowest BCUT2D eigenvalue weighted by atomic mass is 10.2. The first-order valence-corrected chi connectivity index (χ1v) is 6.29. The third kappa shape index (κ3) is 6.94. The van der Waals surface area contributed by atoms with Crippen molar-refractivity contribution in [3.05, 3.63) is 24.3 Å². The summed E-state index contributed by atoms with van der Waals surface area (Å²) in [5.41, 5.74) is 0. The van der Waals surface area contributed by atoms with E-state index < -0.39 is 0 Å². The van der Waals surface area contributed by atoms with Crippen molar-refractivity contribution in [1.29, 1.82) is 0 Å². The predicted octanol–water partition coefficient (Wildman–Crippen LogP) is 4.29. The minimum atomic E-state index is 0.738. The van der Waals surface area contributed by atoms with Gasteiger partial charge in [0.1, 0.15) is 0 Å². The largest absolute Gasteiger partial charge is 0.154 e. The highest BCUT2D eigenvalue weighted by atomic mass is 32.2. The first-order valence-electron chi connectivity index (χ1n) is 5.24. The van der Waals surface area contributed by atoms with Gasteiger partial charge in [0, 0.05) is 5.25 Å². The van der Waals surface area contributed by atoms with E-state index in [1.54, 1.807) is 0 Å². The van der Waals surface area contributed by atoms with Crippen LogP contribution in [0.4, 0.5) is 0 Å². The molecule has 1 unspecified atom stereocenters. The van der Waals surface area contributed by atoms with E-state index in [-0.39, 0.29) is 0 Å². The lowest BCUT2D eigenvalue weighted by molar-refractivity contribution is 0.748. The zero-order valence-corrected chi connectivity index (χ0v) is 10.1. The van der Waals surface area contributed by atoms with Gasteiger partial charge in [-0.1, -0.05) is 52.0 Å². The van der Waals surface area contributed by atoms with Crippen LogP contribution in [0.1, 0.15) is 34.1 Å². The van der Waals surface area contributed by atoms with E-state index in [0.717, 1.165) is 11.2 Å². The van der Waals surface area contributed by atoms with Crippen molar-refractivity contribution in [3.8, 4) is 0 Å². The number of hydrogen-bond donors (Lipinski definition) is 0. The summed E-state index contributed by atoms with van der Waals surface area (Å²) in [5, 5.41) is 0.738. The molecule has 0 bridgehead atoms. The molecule has 1 rings (SSSR count). The van der Waals surface area contributed by atoms with Gasteiger partial charge in [0.2, 0.25) is 0 Å². The van der Waals surface area contributed by atoms with Gasteiger partial charge in [-0.25, -0.2) is 0 Å². The predicted molar refractivity (Wildman–Crippen MR) is 65.3 cm³/mol. The van der Waals surface area contributed by atoms with E-state index in [0.29, 0.717) is 0 Å². The Labute approximate surface area is 87.5 Å². The fourth-order valence-corrected chi connectivity index (χ4v) is 2.08. The van der Waals surface area contributed by atoms with Crippen LogP contribution in [-0.4, -0.2) is 11.0 Å². The fraction of sp³-hybridized carbons (Fsp3) is 0.667. The summed E-state index contributed by atoms with van der Waals surface area (Å²) in [6.45, 7) is 8.55. The molecule has 0 saturated carbocycles. The topological polar surface area (TPSA) is 0 Å². The third-order valence-corrected chi connectivity index (χ3v) is 3.22. The molecule has 0 heterocycles. The summed E-state index contributed by atoms with van der Waals surface area (Å²) in [6.07, 6.45) is 10.0. The van der Waals surface area contributed by atoms with Crippen molar-refractivity contribution < 1.29 is 0 Å². The second-order valence-electron chi connectivity index (χ2n) is 3.31. The second-order valence-corrected chi connectivity index (χ2v) is 4.59. The van der Waals surface area contributed by atoms with Gasteiger partial charge in [-0.15, -0.1) is 0 Å². The van der Waals surface area contributed by atoms with Crippen LogP contribution in [-0.2, 0) is 0 Å². The Morgan fingerprint density at radius 3 is 2.46 bits per heavy atom. The minimum Gasteiger partial charge on any atom is -0.154 e. The Bertz CT molecular complexity index is 157. The molecule has 0 aromatic rings. The van der Waals surface area contributed by atoms with Crippen molar-refractivity contribution >= 4 is 11.8 Å².